The Labute approximate surface area is 234 Å². The van der Waals surface area contributed by atoms with Crippen molar-refractivity contribution in [1.82, 2.24) is 24.6 Å². The zero-order chi connectivity index (χ0) is 26.9. The molecule has 0 spiro atoms. The molecule has 0 radical (unpaired) electrons. The number of fused-ring (bicyclic) bond motifs is 1. The smallest absolute Gasteiger partial charge is 0.182 e. The summed E-state index contributed by atoms with van der Waals surface area (Å²) in [5.74, 6) is -0.00299. The van der Waals surface area contributed by atoms with E-state index in [2.05, 4.69) is 24.6 Å². The third-order valence-corrected chi connectivity index (χ3v) is 7.56. The van der Waals surface area contributed by atoms with Crippen molar-refractivity contribution in [1.29, 1.82) is 0 Å². The quantitative estimate of drug-likeness (QED) is 0.290. The molecule has 204 valence electrons. The molecule has 1 atom stereocenters. The third-order valence-electron chi connectivity index (χ3n) is 7.14. The van der Waals surface area contributed by atoms with Gasteiger partial charge in [0.1, 0.15) is 23.8 Å². The molecule has 0 saturated carbocycles. The van der Waals surface area contributed by atoms with Gasteiger partial charge in [0.2, 0.25) is 0 Å². The van der Waals surface area contributed by atoms with Crippen molar-refractivity contribution in [3.05, 3.63) is 75.7 Å². The second-order valence-corrected chi connectivity index (χ2v) is 10.5. The highest BCUT2D eigenvalue weighted by Gasteiger charge is 2.25. The number of hydrogen-bond donors (Lipinski definition) is 0. The van der Waals surface area contributed by atoms with Gasteiger partial charge in [-0.05, 0) is 30.7 Å². The second-order valence-electron chi connectivity index (χ2n) is 9.70. The lowest BCUT2D eigenvalue weighted by atomic mass is 10.2. The standard InChI is InChI=1S/C27H26Cl2F2N6O2/c28-18-2-1-17(22(31)11-18)16-39-24-12-19(3-4-21(24)30)36-8-6-35(7-9-36)15-26-32-23-13-25(29)33-34-27(23)37(26)14-20-5-10-38-20/h1-4,11-13,20H,5-10,14-16H2/t20-/m0/s1. The summed E-state index contributed by atoms with van der Waals surface area (Å²) in [6.07, 6.45) is 1.16. The largest absolute Gasteiger partial charge is 0.486 e. The minimum Gasteiger partial charge on any atom is -0.486 e. The van der Waals surface area contributed by atoms with E-state index in [1.54, 1.807) is 24.3 Å². The van der Waals surface area contributed by atoms with Crippen LogP contribution in [0.25, 0.3) is 11.2 Å². The van der Waals surface area contributed by atoms with E-state index < -0.39 is 11.6 Å². The first-order chi connectivity index (χ1) is 18.9. The summed E-state index contributed by atoms with van der Waals surface area (Å²) in [5.41, 5.74) is 2.59. The van der Waals surface area contributed by atoms with Gasteiger partial charge >= 0.3 is 0 Å². The van der Waals surface area contributed by atoms with Crippen LogP contribution in [-0.4, -0.2) is 63.5 Å². The van der Waals surface area contributed by atoms with Crippen LogP contribution in [0.3, 0.4) is 0 Å². The Bertz CT molecular complexity index is 1490. The summed E-state index contributed by atoms with van der Waals surface area (Å²) in [5, 5.41) is 8.90. The minimum atomic E-state index is -0.496. The number of aromatic nitrogens is 4. The molecule has 2 aliphatic heterocycles. The van der Waals surface area contributed by atoms with Gasteiger partial charge in [0, 0.05) is 61.2 Å². The van der Waals surface area contributed by atoms with Gasteiger partial charge in [0.15, 0.2) is 22.4 Å². The lowest BCUT2D eigenvalue weighted by molar-refractivity contribution is -0.0592. The molecule has 0 bridgehead atoms. The summed E-state index contributed by atoms with van der Waals surface area (Å²) in [6.45, 7) is 5.08. The predicted molar refractivity (Wildman–Crippen MR) is 144 cm³/mol. The molecule has 39 heavy (non-hydrogen) atoms. The lowest BCUT2D eigenvalue weighted by Crippen LogP contribution is -2.46. The van der Waals surface area contributed by atoms with E-state index in [1.807, 2.05) is 0 Å². The maximum absolute atomic E-state index is 14.5. The lowest BCUT2D eigenvalue weighted by Gasteiger charge is -2.36. The van der Waals surface area contributed by atoms with Crippen LogP contribution >= 0.6 is 23.2 Å². The molecule has 0 unspecified atom stereocenters. The first kappa shape index (κ1) is 26.2. The van der Waals surface area contributed by atoms with E-state index in [4.69, 9.17) is 37.7 Å². The molecule has 8 nitrogen and oxygen atoms in total. The first-order valence-electron chi connectivity index (χ1n) is 12.8. The van der Waals surface area contributed by atoms with Crippen LogP contribution in [0.5, 0.6) is 5.75 Å². The number of imidazole rings is 1. The summed E-state index contributed by atoms with van der Waals surface area (Å²) in [6, 6.07) is 10.8. The fourth-order valence-electron chi connectivity index (χ4n) is 4.85. The maximum Gasteiger partial charge on any atom is 0.182 e. The fourth-order valence-corrected chi connectivity index (χ4v) is 5.15. The van der Waals surface area contributed by atoms with Crippen molar-refractivity contribution in [2.45, 2.75) is 32.2 Å². The highest BCUT2D eigenvalue weighted by atomic mass is 35.5. The number of halogens is 4. The van der Waals surface area contributed by atoms with E-state index in [0.717, 1.165) is 56.2 Å². The molecule has 0 aliphatic carbocycles. The number of ether oxygens (including phenoxy) is 2. The van der Waals surface area contributed by atoms with Crippen LogP contribution in [0.4, 0.5) is 14.5 Å². The van der Waals surface area contributed by atoms with E-state index >= 15 is 0 Å². The van der Waals surface area contributed by atoms with Crippen LogP contribution in [0.2, 0.25) is 10.2 Å². The molecule has 2 saturated heterocycles. The molecule has 4 aromatic rings. The van der Waals surface area contributed by atoms with E-state index in [1.165, 1.54) is 18.2 Å². The topological polar surface area (TPSA) is 68.5 Å². The Balaban J connectivity index is 1.11. The van der Waals surface area contributed by atoms with Gasteiger partial charge in [-0.25, -0.2) is 13.8 Å². The van der Waals surface area contributed by atoms with E-state index in [0.29, 0.717) is 34.5 Å². The van der Waals surface area contributed by atoms with Crippen LogP contribution in [0, 0.1) is 11.6 Å². The number of nitrogens with zero attached hydrogens (tertiary/aromatic N) is 6. The highest BCUT2D eigenvalue weighted by Crippen LogP contribution is 2.28. The molecule has 2 fully saturated rings. The van der Waals surface area contributed by atoms with Crippen molar-refractivity contribution in [3.8, 4) is 5.75 Å². The second kappa shape index (κ2) is 11.2. The van der Waals surface area contributed by atoms with Crippen LogP contribution in [0.15, 0.2) is 42.5 Å². The van der Waals surface area contributed by atoms with Crippen molar-refractivity contribution in [2.24, 2.45) is 0 Å². The van der Waals surface area contributed by atoms with Crippen LogP contribution < -0.4 is 9.64 Å². The number of piperazine rings is 1. The summed E-state index contributed by atoms with van der Waals surface area (Å²) >= 11 is 11.9. The van der Waals surface area contributed by atoms with Gasteiger partial charge < -0.3 is 18.9 Å². The van der Waals surface area contributed by atoms with Gasteiger partial charge in [-0.2, -0.15) is 0 Å². The molecule has 6 rings (SSSR count). The van der Waals surface area contributed by atoms with Crippen molar-refractivity contribution < 1.29 is 18.3 Å². The number of rotatable bonds is 8. The minimum absolute atomic E-state index is 0.0796. The third kappa shape index (κ3) is 5.79. The molecule has 0 N–H and O–H groups in total. The Morgan fingerprint density at radius 1 is 0.974 bits per heavy atom. The van der Waals surface area contributed by atoms with Gasteiger partial charge in [-0.1, -0.05) is 29.3 Å². The molecule has 2 aromatic heterocycles. The monoisotopic (exact) mass is 574 g/mol. The summed E-state index contributed by atoms with van der Waals surface area (Å²) in [4.78, 5) is 9.32. The van der Waals surface area contributed by atoms with Crippen molar-refractivity contribution >= 4 is 40.1 Å². The zero-order valence-electron chi connectivity index (χ0n) is 21.0. The van der Waals surface area contributed by atoms with Gasteiger partial charge in [-0.15, -0.1) is 10.2 Å². The number of anilines is 1. The Hall–Kier alpha value is -3.05. The summed E-state index contributed by atoms with van der Waals surface area (Å²) < 4.78 is 42.0. The van der Waals surface area contributed by atoms with Crippen LogP contribution in [-0.2, 0) is 24.4 Å². The average Bonchev–Trinajstić information content (AvgIpc) is 3.22. The predicted octanol–water partition coefficient (Wildman–Crippen LogP) is 5.10. The maximum atomic E-state index is 14.5. The Morgan fingerprint density at radius 2 is 1.79 bits per heavy atom. The fraction of sp³-hybridized carbons (Fsp3) is 0.370. The van der Waals surface area contributed by atoms with E-state index in [9.17, 15) is 8.78 Å². The summed E-state index contributed by atoms with van der Waals surface area (Å²) in [7, 11) is 0. The van der Waals surface area contributed by atoms with Gasteiger partial charge in [-0.3, -0.25) is 4.90 Å². The van der Waals surface area contributed by atoms with Gasteiger partial charge in [0.05, 0.1) is 19.2 Å². The molecular formula is C27H26Cl2F2N6O2. The Kier molecular flexibility index (Phi) is 7.53. The average molecular weight is 575 g/mol. The van der Waals surface area contributed by atoms with Crippen molar-refractivity contribution in [2.75, 3.05) is 37.7 Å². The number of benzene rings is 2. The molecule has 2 aliphatic rings. The highest BCUT2D eigenvalue weighted by molar-refractivity contribution is 6.30. The van der Waals surface area contributed by atoms with E-state index in [-0.39, 0.29) is 18.5 Å². The molecule has 4 heterocycles. The normalized spacial score (nSPS) is 17.9. The van der Waals surface area contributed by atoms with Crippen molar-refractivity contribution in [3.63, 3.8) is 0 Å². The molecule has 12 heteroatoms. The number of hydrogen-bond acceptors (Lipinski definition) is 7. The SMILES string of the molecule is Fc1cc(Cl)ccc1COc1cc(N2CCN(Cc3nc4cc(Cl)nnc4n3C[C@@H]3CCO3)CC2)ccc1F. The van der Waals surface area contributed by atoms with Gasteiger partial charge in [0.25, 0.3) is 0 Å². The zero-order valence-corrected chi connectivity index (χ0v) is 22.5. The first-order valence-corrected chi connectivity index (χ1v) is 13.5. The van der Waals surface area contributed by atoms with Crippen LogP contribution in [0.1, 0.15) is 17.8 Å². The molecule has 0 amide bonds. The molecular weight excluding hydrogens is 549 g/mol. The molecule has 2 aromatic carbocycles. The Morgan fingerprint density at radius 3 is 2.54 bits per heavy atom.